The maximum absolute atomic E-state index is 10.7. The second kappa shape index (κ2) is 3.53. The van der Waals surface area contributed by atoms with Gasteiger partial charge in [0.15, 0.2) is 5.60 Å². The van der Waals surface area contributed by atoms with Crippen molar-refractivity contribution in [3.8, 4) is 0 Å². The highest BCUT2D eigenvalue weighted by atomic mass is 16.6. The van der Waals surface area contributed by atoms with E-state index in [9.17, 15) is 4.79 Å². The Morgan fingerprint density at radius 1 is 1.70 bits per heavy atom. The molecule has 1 atom stereocenters. The van der Waals surface area contributed by atoms with Gasteiger partial charge in [-0.3, -0.25) is 0 Å². The van der Waals surface area contributed by atoms with E-state index in [1.807, 2.05) is 0 Å². The van der Waals surface area contributed by atoms with Gasteiger partial charge in [-0.25, -0.2) is 4.79 Å². The quantitative estimate of drug-likeness (QED) is 0.519. The van der Waals surface area contributed by atoms with E-state index in [0.717, 1.165) is 0 Å². The Balaban J connectivity index is 3.91. The van der Waals surface area contributed by atoms with Crippen molar-refractivity contribution in [1.82, 2.24) is 0 Å². The van der Waals surface area contributed by atoms with Crippen molar-refractivity contribution in [3.63, 3.8) is 0 Å². The highest BCUT2D eigenvalue weighted by Gasteiger charge is 2.30. The number of ether oxygens (including phenoxy) is 1. The predicted octanol–water partition coefficient (Wildman–Crippen LogP) is -0.707. The lowest BCUT2D eigenvalue weighted by Gasteiger charge is -2.17. The minimum atomic E-state index is -1.75. The molecule has 0 aromatic heterocycles. The predicted molar refractivity (Wildman–Crippen MR) is 34.3 cm³/mol. The number of aliphatic hydroxyl groups is 2. The minimum absolute atomic E-state index is 0.203. The normalized spacial score (nSPS) is 16.0. The molecule has 0 fully saturated rings. The van der Waals surface area contributed by atoms with Gasteiger partial charge in [0.25, 0.3) is 0 Å². The largest absolute Gasteiger partial charge is 0.464 e. The van der Waals surface area contributed by atoms with Gasteiger partial charge in [-0.2, -0.15) is 0 Å². The Labute approximate surface area is 59.4 Å². The van der Waals surface area contributed by atoms with Crippen molar-refractivity contribution >= 4 is 5.97 Å². The Morgan fingerprint density at radius 2 is 2.20 bits per heavy atom. The summed E-state index contributed by atoms with van der Waals surface area (Å²) in [7, 11) is 0. The molecule has 0 saturated heterocycles. The molecule has 0 spiro atoms. The first kappa shape index (κ1) is 9.39. The maximum Gasteiger partial charge on any atom is 0.340 e. The Morgan fingerprint density at radius 3 is 2.50 bits per heavy atom. The van der Waals surface area contributed by atoms with E-state index in [2.05, 4.69) is 4.74 Å². The van der Waals surface area contributed by atoms with Crippen molar-refractivity contribution in [2.24, 2.45) is 0 Å². The van der Waals surface area contributed by atoms with Gasteiger partial charge >= 0.3 is 5.97 Å². The molecule has 0 aromatic rings. The van der Waals surface area contributed by atoms with E-state index in [0.29, 0.717) is 0 Å². The number of aliphatic hydroxyl groups excluding tert-OH is 1. The fourth-order valence-electron chi connectivity index (χ4n) is 0.351. The molecule has 0 bridgehead atoms. The van der Waals surface area contributed by atoms with Crippen LogP contribution in [0.1, 0.15) is 13.8 Å². The Bertz CT molecular complexity index is 119. The zero-order valence-corrected chi connectivity index (χ0v) is 6.13. The number of hydrogen-bond acceptors (Lipinski definition) is 4. The second-order valence-electron chi connectivity index (χ2n) is 2.15. The molecular formula is C6H12O4. The monoisotopic (exact) mass is 148 g/mol. The van der Waals surface area contributed by atoms with Crippen molar-refractivity contribution in [2.45, 2.75) is 19.4 Å². The number of hydrogen-bond donors (Lipinski definition) is 2. The Kier molecular flexibility index (Phi) is 3.32. The molecule has 0 aromatic carbocycles. The number of rotatable bonds is 3. The summed E-state index contributed by atoms with van der Waals surface area (Å²) < 4.78 is 4.45. The summed E-state index contributed by atoms with van der Waals surface area (Å²) in [5.41, 5.74) is -1.75. The van der Waals surface area contributed by atoms with E-state index >= 15 is 0 Å². The molecule has 10 heavy (non-hydrogen) atoms. The highest BCUT2D eigenvalue weighted by molar-refractivity contribution is 5.78. The first-order valence-electron chi connectivity index (χ1n) is 3.05. The molecule has 0 heterocycles. The molecule has 0 rings (SSSR count). The third-order valence-corrected chi connectivity index (χ3v) is 1.02. The first-order valence-corrected chi connectivity index (χ1v) is 3.05. The van der Waals surface area contributed by atoms with Gasteiger partial charge in [-0.15, -0.1) is 0 Å². The van der Waals surface area contributed by atoms with E-state index in [4.69, 9.17) is 10.2 Å². The molecule has 0 amide bonds. The minimum Gasteiger partial charge on any atom is -0.464 e. The van der Waals surface area contributed by atoms with Crippen LogP contribution in [0.2, 0.25) is 0 Å². The molecular weight excluding hydrogens is 136 g/mol. The summed E-state index contributed by atoms with van der Waals surface area (Å²) in [6.07, 6.45) is 0. The molecule has 0 aliphatic rings. The van der Waals surface area contributed by atoms with Crippen molar-refractivity contribution in [1.29, 1.82) is 0 Å². The summed E-state index contributed by atoms with van der Waals surface area (Å²) in [6.45, 7) is 2.41. The van der Waals surface area contributed by atoms with Gasteiger partial charge in [0.05, 0.1) is 13.2 Å². The third kappa shape index (κ3) is 2.33. The van der Waals surface area contributed by atoms with Crippen LogP contribution in [0.3, 0.4) is 0 Å². The lowest BCUT2D eigenvalue weighted by atomic mass is 10.1. The maximum atomic E-state index is 10.7. The fraction of sp³-hybridized carbons (Fsp3) is 0.833. The van der Waals surface area contributed by atoms with Gasteiger partial charge < -0.3 is 14.9 Å². The standard InChI is InChI=1S/C6H12O4/c1-3-10-5(8)6(2,9)4-7/h7,9H,3-4H2,1-2H3/t6-/m1/s1. The van der Waals surface area contributed by atoms with Crippen molar-refractivity contribution < 1.29 is 19.7 Å². The van der Waals surface area contributed by atoms with Crippen LogP contribution in [0.15, 0.2) is 0 Å². The fourth-order valence-corrected chi connectivity index (χ4v) is 0.351. The van der Waals surface area contributed by atoms with E-state index in [1.54, 1.807) is 6.92 Å². The van der Waals surface area contributed by atoms with Crippen LogP contribution in [0.5, 0.6) is 0 Å². The molecule has 0 radical (unpaired) electrons. The summed E-state index contributed by atoms with van der Waals surface area (Å²) in [5, 5.41) is 17.4. The summed E-state index contributed by atoms with van der Waals surface area (Å²) in [6, 6.07) is 0. The van der Waals surface area contributed by atoms with Crippen LogP contribution in [-0.4, -0.2) is 35.0 Å². The highest BCUT2D eigenvalue weighted by Crippen LogP contribution is 2.03. The van der Waals surface area contributed by atoms with Crippen LogP contribution in [0, 0.1) is 0 Å². The van der Waals surface area contributed by atoms with Gasteiger partial charge in [-0.05, 0) is 13.8 Å². The smallest absolute Gasteiger partial charge is 0.340 e. The van der Waals surface area contributed by atoms with Gasteiger partial charge in [0.1, 0.15) is 0 Å². The first-order chi connectivity index (χ1) is 4.54. The number of carbonyl (C=O) groups excluding carboxylic acids is 1. The zero-order valence-electron chi connectivity index (χ0n) is 6.13. The SMILES string of the molecule is CCOC(=O)[C@](C)(O)CO. The van der Waals surface area contributed by atoms with Gasteiger partial charge in [0, 0.05) is 0 Å². The lowest BCUT2D eigenvalue weighted by molar-refractivity contribution is -0.166. The van der Waals surface area contributed by atoms with Crippen LogP contribution in [-0.2, 0) is 9.53 Å². The van der Waals surface area contributed by atoms with Gasteiger partial charge in [-0.1, -0.05) is 0 Å². The summed E-state index contributed by atoms with van der Waals surface area (Å²) in [5.74, 6) is -0.794. The molecule has 0 saturated carbocycles. The molecule has 2 N–H and O–H groups in total. The average Bonchev–Trinajstić information content (AvgIpc) is 1.89. The molecule has 0 unspecified atom stereocenters. The van der Waals surface area contributed by atoms with Crippen LogP contribution in [0.25, 0.3) is 0 Å². The zero-order chi connectivity index (χ0) is 8.20. The molecule has 60 valence electrons. The van der Waals surface area contributed by atoms with Crippen LogP contribution < -0.4 is 0 Å². The van der Waals surface area contributed by atoms with Crippen molar-refractivity contribution in [2.75, 3.05) is 13.2 Å². The molecule has 0 aliphatic carbocycles. The van der Waals surface area contributed by atoms with Gasteiger partial charge in [0.2, 0.25) is 0 Å². The topological polar surface area (TPSA) is 66.8 Å². The van der Waals surface area contributed by atoms with E-state index < -0.39 is 18.2 Å². The summed E-state index contributed by atoms with van der Waals surface area (Å²) >= 11 is 0. The number of carbonyl (C=O) groups is 1. The Hall–Kier alpha value is -0.610. The van der Waals surface area contributed by atoms with Crippen LogP contribution in [0.4, 0.5) is 0 Å². The third-order valence-electron chi connectivity index (χ3n) is 1.02. The van der Waals surface area contributed by atoms with E-state index in [-0.39, 0.29) is 6.61 Å². The molecule has 4 nitrogen and oxygen atoms in total. The van der Waals surface area contributed by atoms with E-state index in [1.165, 1.54) is 6.92 Å². The number of esters is 1. The molecule has 0 aliphatic heterocycles. The lowest BCUT2D eigenvalue weighted by Crippen LogP contribution is -2.40. The van der Waals surface area contributed by atoms with Crippen molar-refractivity contribution in [3.05, 3.63) is 0 Å². The van der Waals surface area contributed by atoms with Crippen LogP contribution >= 0.6 is 0 Å². The second-order valence-corrected chi connectivity index (χ2v) is 2.15. The molecule has 4 heteroatoms. The average molecular weight is 148 g/mol. The summed E-state index contributed by atoms with van der Waals surface area (Å²) in [4.78, 5) is 10.7.